The number of amides is 2. The highest BCUT2D eigenvalue weighted by Crippen LogP contribution is 2.15. The van der Waals surface area contributed by atoms with Crippen LogP contribution < -0.4 is 10.6 Å². The minimum atomic E-state index is -0.759. The normalized spacial score (nSPS) is 14.7. The van der Waals surface area contributed by atoms with Gasteiger partial charge in [-0.15, -0.1) is 0 Å². The zero-order chi connectivity index (χ0) is 26.5. The van der Waals surface area contributed by atoms with Crippen LogP contribution in [-0.2, 0) is 25.6 Å². The van der Waals surface area contributed by atoms with E-state index in [-0.39, 0.29) is 35.7 Å². The van der Waals surface area contributed by atoms with Crippen LogP contribution in [0.5, 0.6) is 0 Å². The van der Waals surface area contributed by atoms with Crippen molar-refractivity contribution in [3.8, 4) is 0 Å². The summed E-state index contributed by atoms with van der Waals surface area (Å²) in [4.78, 5) is 51.6. The zero-order valence-electron chi connectivity index (χ0n) is 22.4. The summed E-state index contributed by atoms with van der Waals surface area (Å²) in [6.45, 7) is 8.91. The molecule has 2 N–H and O–H groups in total. The van der Waals surface area contributed by atoms with Gasteiger partial charge in [0.1, 0.15) is 11.8 Å². The fourth-order valence-electron chi connectivity index (χ4n) is 3.91. The monoisotopic (exact) mass is 485 g/mol. The molecule has 4 atom stereocenters. The Balaban J connectivity index is 3.02. The molecule has 0 aliphatic carbocycles. The lowest BCUT2D eigenvalue weighted by atomic mass is 9.95. The van der Waals surface area contributed by atoms with Gasteiger partial charge in [-0.05, 0) is 57.2 Å². The van der Waals surface area contributed by atoms with E-state index in [9.17, 15) is 19.2 Å². The Labute approximate surface area is 210 Å². The Morgan fingerprint density at radius 1 is 1.03 bits per heavy atom. The summed E-state index contributed by atoms with van der Waals surface area (Å²) in [5.74, 6) is -0.925. The standard InChI is InChI=1S/C28H43N3O4/c1-8-19(3)27(21(5)33)30-28(35)25(31(7)26(34)18-24(29-6)20(4)32)13-11-10-12-23-16-14-22(9-2)15-17-23/h10,12,14-17,19,24-25,27,29H,8-9,11,13,18H2,1-7H3,(H,30,35)/b12-10+/t19?,24-,25?,27?/m0/s1. The lowest BCUT2D eigenvalue weighted by Crippen LogP contribution is -2.54. The summed E-state index contributed by atoms with van der Waals surface area (Å²) >= 11 is 0. The molecule has 7 heteroatoms. The van der Waals surface area contributed by atoms with Gasteiger partial charge in [-0.1, -0.05) is 63.6 Å². The second-order valence-corrected chi connectivity index (χ2v) is 9.23. The fourth-order valence-corrected chi connectivity index (χ4v) is 3.91. The molecule has 0 heterocycles. The van der Waals surface area contributed by atoms with Crippen LogP contribution in [0.3, 0.4) is 0 Å². The SMILES string of the molecule is CCc1ccc(/C=C/CCC(C(=O)NC(C(C)=O)C(C)CC)N(C)C(=O)C[C@H](NC)C(C)=O)cc1. The van der Waals surface area contributed by atoms with Gasteiger partial charge in [0.25, 0.3) is 0 Å². The number of allylic oxidation sites excluding steroid dienone is 1. The van der Waals surface area contributed by atoms with Crippen molar-refractivity contribution >= 4 is 29.5 Å². The Morgan fingerprint density at radius 3 is 2.14 bits per heavy atom. The van der Waals surface area contributed by atoms with Gasteiger partial charge in [0.05, 0.1) is 12.1 Å². The molecule has 35 heavy (non-hydrogen) atoms. The summed E-state index contributed by atoms with van der Waals surface area (Å²) in [6.07, 6.45) is 6.65. The third kappa shape index (κ3) is 9.76. The molecule has 3 unspecified atom stereocenters. The molecule has 1 rings (SSSR count). The molecule has 1 aromatic rings. The van der Waals surface area contributed by atoms with Crippen molar-refractivity contribution < 1.29 is 19.2 Å². The van der Waals surface area contributed by atoms with Gasteiger partial charge < -0.3 is 15.5 Å². The number of Topliss-reactive ketones (excluding diaryl/α,β-unsaturated/α-hetero) is 2. The fraction of sp³-hybridized carbons (Fsp3) is 0.571. The molecule has 0 aliphatic heterocycles. The van der Waals surface area contributed by atoms with Gasteiger partial charge in [0.2, 0.25) is 11.8 Å². The van der Waals surface area contributed by atoms with E-state index in [1.54, 1.807) is 14.1 Å². The highest BCUT2D eigenvalue weighted by molar-refractivity contribution is 5.93. The van der Waals surface area contributed by atoms with Crippen LogP contribution in [0.1, 0.15) is 71.4 Å². The molecular weight excluding hydrogens is 442 g/mol. The highest BCUT2D eigenvalue weighted by atomic mass is 16.2. The van der Waals surface area contributed by atoms with E-state index in [0.29, 0.717) is 12.8 Å². The van der Waals surface area contributed by atoms with Gasteiger partial charge >= 0.3 is 0 Å². The van der Waals surface area contributed by atoms with Crippen LogP contribution in [0.25, 0.3) is 6.08 Å². The number of aryl methyl sites for hydroxylation is 1. The summed E-state index contributed by atoms with van der Waals surface area (Å²) in [5, 5.41) is 5.73. The van der Waals surface area contributed by atoms with Crippen molar-refractivity contribution in [1.29, 1.82) is 0 Å². The van der Waals surface area contributed by atoms with Crippen molar-refractivity contribution in [2.75, 3.05) is 14.1 Å². The molecule has 0 radical (unpaired) electrons. The molecule has 0 spiro atoms. The van der Waals surface area contributed by atoms with E-state index in [0.717, 1.165) is 18.4 Å². The molecular formula is C28H43N3O4. The van der Waals surface area contributed by atoms with Gasteiger partial charge in [0.15, 0.2) is 5.78 Å². The quantitative estimate of drug-likeness (QED) is 0.396. The number of nitrogens with zero attached hydrogens (tertiary/aromatic N) is 1. The first-order chi connectivity index (χ1) is 16.5. The smallest absolute Gasteiger partial charge is 0.243 e. The van der Waals surface area contributed by atoms with Crippen molar-refractivity contribution in [3.05, 3.63) is 41.5 Å². The lowest BCUT2D eigenvalue weighted by molar-refractivity contribution is -0.141. The van der Waals surface area contributed by atoms with E-state index < -0.39 is 18.1 Å². The van der Waals surface area contributed by atoms with Crippen LogP contribution in [0.4, 0.5) is 0 Å². The van der Waals surface area contributed by atoms with Gasteiger partial charge in [0, 0.05) is 13.5 Å². The summed E-state index contributed by atoms with van der Waals surface area (Å²) < 4.78 is 0. The molecule has 0 saturated carbocycles. The predicted octanol–water partition coefficient (Wildman–Crippen LogP) is 3.56. The van der Waals surface area contributed by atoms with Crippen molar-refractivity contribution in [2.45, 2.75) is 84.8 Å². The number of benzene rings is 1. The Bertz CT molecular complexity index is 879. The van der Waals surface area contributed by atoms with E-state index in [1.165, 1.54) is 24.3 Å². The molecule has 7 nitrogen and oxygen atoms in total. The van der Waals surface area contributed by atoms with Crippen LogP contribution in [0.2, 0.25) is 0 Å². The third-order valence-electron chi connectivity index (χ3n) is 6.64. The minimum Gasteiger partial charge on any atom is -0.344 e. The average molecular weight is 486 g/mol. The number of ketones is 2. The summed E-state index contributed by atoms with van der Waals surface area (Å²) in [5.41, 5.74) is 2.34. The number of nitrogens with one attached hydrogen (secondary N) is 2. The van der Waals surface area contributed by atoms with Crippen LogP contribution >= 0.6 is 0 Å². The molecule has 194 valence electrons. The first kappa shape index (κ1) is 30.2. The van der Waals surface area contributed by atoms with Crippen LogP contribution in [0, 0.1) is 5.92 Å². The minimum absolute atomic E-state index is 0.0181. The largest absolute Gasteiger partial charge is 0.344 e. The Kier molecular flexibility index (Phi) is 13.2. The molecule has 0 saturated heterocycles. The van der Waals surface area contributed by atoms with E-state index >= 15 is 0 Å². The number of carbonyl (C=O) groups excluding carboxylic acids is 4. The predicted molar refractivity (Wildman–Crippen MR) is 141 cm³/mol. The van der Waals surface area contributed by atoms with Crippen molar-refractivity contribution in [3.63, 3.8) is 0 Å². The molecule has 0 fully saturated rings. The van der Waals surface area contributed by atoms with Crippen molar-refractivity contribution in [2.24, 2.45) is 5.92 Å². The highest BCUT2D eigenvalue weighted by Gasteiger charge is 2.31. The third-order valence-corrected chi connectivity index (χ3v) is 6.64. The maximum atomic E-state index is 13.3. The van der Waals surface area contributed by atoms with Crippen LogP contribution in [-0.4, -0.2) is 60.5 Å². The second-order valence-electron chi connectivity index (χ2n) is 9.23. The maximum absolute atomic E-state index is 13.3. The van der Waals surface area contributed by atoms with E-state index in [4.69, 9.17) is 0 Å². The lowest BCUT2D eigenvalue weighted by Gasteiger charge is -2.31. The molecule has 1 aromatic carbocycles. The number of rotatable bonds is 15. The summed E-state index contributed by atoms with van der Waals surface area (Å²) in [6, 6.07) is 6.32. The second kappa shape index (κ2) is 15.2. The maximum Gasteiger partial charge on any atom is 0.243 e. The summed E-state index contributed by atoms with van der Waals surface area (Å²) in [7, 11) is 3.21. The Hall–Kier alpha value is -2.80. The topological polar surface area (TPSA) is 95.6 Å². The number of hydrogen-bond acceptors (Lipinski definition) is 5. The Morgan fingerprint density at radius 2 is 1.66 bits per heavy atom. The van der Waals surface area contributed by atoms with Gasteiger partial charge in [-0.3, -0.25) is 19.2 Å². The van der Waals surface area contributed by atoms with Crippen molar-refractivity contribution in [1.82, 2.24) is 15.5 Å². The molecule has 0 aromatic heterocycles. The first-order valence-electron chi connectivity index (χ1n) is 12.5. The van der Waals surface area contributed by atoms with Gasteiger partial charge in [-0.25, -0.2) is 0 Å². The van der Waals surface area contributed by atoms with Crippen LogP contribution in [0.15, 0.2) is 30.3 Å². The molecule has 0 bridgehead atoms. The number of carbonyl (C=O) groups is 4. The van der Waals surface area contributed by atoms with E-state index in [1.807, 2.05) is 26.0 Å². The molecule has 2 amide bonds. The number of likely N-dealkylation sites (N-methyl/N-ethyl adjacent to an activating group) is 2. The van der Waals surface area contributed by atoms with Gasteiger partial charge in [-0.2, -0.15) is 0 Å². The molecule has 0 aliphatic rings. The first-order valence-corrected chi connectivity index (χ1v) is 12.5. The zero-order valence-corrected chi connectivity index (χ0v) is 22.4. The van der Waals surface area contributed by atoms with E-state index in [2.05, 4.69) is 41.8 Å². The average Bonchev–Trinajstić information content (AvgIpc) is 2.84. The number of hydrogen-bond donors (Lipinski definition) is 2.